The molecule has 0 radical (unpaired) electrons. The topological polar surface area (TPSA) is 101 Å². The Morgan fingerprint density at radius 1 is 1.09 bits per heavy atom. The van der Waals surface area contributed by atoms with Gasteiger partial charge in [-0.25, -0.2) is 8.42 Å². The predicted molar refractivity (Wildman–Crippen MR) is 136 cm³/mol. The molecule has 0 spiro atoms. The number of carbonyl (C=O) groups excluding carboxylic acids is 1. The molecule has 0 aliphatic carbocycles. The molecule has 0 saturated heterocycles. The number of hydrogen-bond donors (Lipinski definition) is 1. The van der Waals surface area contributed by atoms with E-state index in [1.54, 1.807) is 55.6 Å². The molecule has 1 aliphatic heterocycles. The van der Waals surface area contributed by atoms with Crippen LogP contribution in [-0.4, -0.2) is 37.6 Å². The highest BCUT2D eigenvalue weighted by atomic mass is 35.5. The van der Waals surface area contributed by atoms with E-state index in [0.29, 0.717) is 45.7 Å². The summed E-state index contributed by atoms with van der Waals surface area (Å²) in [6.45, 7) is 0.318. The lowest BCUT2D eigenvalue weighted by Gasteiger charge is -2.20. The SMILES string of the molecule is COc1ccc(-c2nnsc2C(=O)Nc2ccc3c(c2)N(S(=O)(=O)c2ccc(Cl)cc2)CC3)cc1. The van der Waals surface area contributed by atoms with Crippen LogP contribution in [0.5, 0.6) is 5.75 Å². The molecule has 11 heteroatoms. The van der Waals surface area contributed by atoms with Crippen LogP contribution in [0.15, 0.2) is 71.6 Å². The summed E-state index contributed by atoms with van der Waals surface area (Å²) in [6.07, 6.45) is 0.580. The Morgan fingerprint density at radius 3 is 2.54 bits per heavy atom. The summed E-state index contributed by atoms with van der Waals surface area (Å²) < 4.78 is 37.0. The molecular formula is C24H19ClN4O4S2. The Morgan fingerprint density at radius 2 is 1.83 bits per heavy atom. The van der Waals surface area contributed by atoms with E-state index in [0.717, 1.165) is 22.7 Å². The maximum absolute atomic E-state index is 13.2. The van der Waals surface area contributed by atoms with Crippen molar-refractivity contribution in [3.63, 3.8) is 0 Å². The summed E-state index contributed by atoms with van der Waals surface area (Å²) in [4.78, 5) is 13.6. The third kappa shape index (κ3) is 4.47. The van der Waals surface area contributed by atoms with Crippen molar-refractivity contribution in [2.24, 2.45) is 0 Å². The predicted octanol–water partition coefficient (Wildman–Crippen LogP) is 4.87. The number of halogens is 1. The quantitative estimate of drug-likeness (QED) is 0.384. The summed E-state index contributed by atoms with van der Waals surface area (Å²) in [5.41, 5.74) is 3.10. The number of carbonyl (C=O) groups is 1. The van der Waals surface area contributed by atoms with Crippen LogP contribution in [0.1, 0.15) is 15.2 Å². The van der Waals surface area contributed by atoms with Crippen LogP contribution in [-0.2, 0) is 16.4 Å². The minimum atomic E-state index is -3.77. The van der Waals surface area contributed by atoms with Crippen LogP contribution in [0.3, 0.4) is 0 Å². The molecule has 1 aromatic heterocycles. The van der Waals surface area contributed by atoms with Gasteiger partial charge in [-0.05, 0) is 84.2 Å². The Bertz CT molecular complexity index is 1500. The molecule has 1 N–H and O–H groups in total. The van der Waals surface area contributed by atoms with E-state index in [4.69, 9.17) is 16.3 Å². The van der Waals surface area contributed by atoms with Gasteiger partial charge >= 0.3 is 0 Å². The summed E-state index contributed by atoms with van der Waals surface area (Å²) in [6, 6.07) is 18.5. The summed E-state index contributed by atoms with van der Waals surface area (Å²) in [5.74, 6) is 0.315. The van der Waals surface area contributed by atoms with E-state index in [1.165, 1.54) is 16.4 Å². The Labute approximate surface area is 211 Å². The van der Waals surface area contributed by atoms with Gasteiger partial charge in [0.2, 0.25) is 0 Å². The Balaban J connectivity index is 1.40. The van der Waals surface area contributed by atoms with Crippen molar-refractivity contribution in [2.75, 3.05) is 23.3 Å². The molecule has 35 heavy (non-hydrogen) atoms. The fourth-order valence-electron chi connectivity index (χ4n) is 3.88. The van der Waals surface area contributed by atoms with Crippen molar-refractivity contribution in [1.29, 1.82) is 0 Å². The second-order valence-corrected chi connectivity index (χ2v) is 10.8. The number of ether oxygens (including phenoxy) is 1. The lowest BCUT2D eigenvalue weighted by molar-refractivity contribution is 0.103. The third-order valence-electron chi connectivity index (χ3n) is 5.66. The van der Waals surface area contributed by atoms with Crippen molar-refractivity contribution in [3.8, 4) is 17.0 Å². The zero-order chi connectivity index (χ0) is 24.6. The maximum atomic E-state index is 13.2. The molecule has 0 unspecified atom stereocenters. The van der Waals surface area contributed by atoms with Gasteiger partial charge in [-0.2, -0.15) is 0 Å². The van der Waals surface area contributed by atoms with Crippen LogP contribution in [0.25, 0.3) is 11.3 Å². The summed E-state index contributed by atoms with van der Waals surface area (Å²) >= 11 is 6.90. The lowest BCUT2D eigenvalue weighted by Crippen LogP contribution is -2.29. The first-order chi connectivity index (χ1) is 16.9. The molecule has 1 aliphatic rings. The first-order valence-corrected chi connectivity index (χ1v) is 13.2. The molecule has 2 heterocycles. The second-order valence-electron chi connectivity index (χ2n) is 7.76. The highest BCUT2D eigenvalue weighted by molar-refractivity contribution is 7.92. The summed E-state index contributed by atoms with van der Waals surface area (Å²) in [5, 5.41) is 7.43. The van der Waals surface area contributed by atoms with E-state index >= 15 is 0 Å². The van der Waals surface area contributed by atoms with Gasteiger partial charge in [-0.3, -0.25) is 9.10 Å². The van der Waals surface area contributed by atoms with E-state index in [1.807, 2.05) is 6.07 Å². The van der Waals surface area contributed by atoms with E-state index in [-0.39, 0.29) is 10.8 Å². The normalized spacial score (nSPS) is 12.9. The van der Waals surface area contributed by atoms with Gasteiger partial charge in [0.25, 0.3) is 15.9 Å². The maximum Gasteiger partial charge on any atom is 0.269 e. The molecular weight excluding hydrogens is 508 g/mol. The average Bonchev–Trinajstić information content (AvgIpc) is 3.52. The van der Waals surface area contributed by atoms with Gasteiger partial charge in [0.05, 0.1) is 17.7 Å². The molecule has 5 rings (SSSR count). The van der Waals surface area contributed by atoms with Crippen LogP contribution in [0, 0.1) is 0 Å². The minimum absolute atomic E-state index is 0.157. The number of benzene rings is 3. The van der Waals surface area contributed by atoms with Crippen molar-refractivity contribution in [3.05, 3.63) is 82.2 Å². The summed E-state index contributed by atoms with van der Waals surface area (Å²) in [7, 11) is -2.19. The fourth-order valence-corrected chi connectivity index (χ4v) is 6.08. The number of rotatable bonds is 6. The van der Waals surface area contributed by atoms with Crippen LogP contribution >= 0.6 is 23.1 Å². The standard InChI is InChI=1S/C24H19ClN4O4S2/c1-33-19-8-3-16(4-9-19)22-23(34-28-27-22)24(30)26-18-7-2-15-12-13-29(21(15)14-18)35(31,32)20-10-5-17(25)6-11-20/h2-11,14H,12-13H2,1H3,(H,26,30). The monoisotopic (exact) mass is 526 g/mol. The number of methoxy groups -OCH3 is 1. The van der Waals surface area contributed by atoms with Gasteiger partial charge in [0.15, 0.2) is 0 Å². The fraction of sp³-hybridized carbons (Fsp3) is 0.125. The molecule has 0 fully saturated rings. The zero-order valence-electron chi connectivity index (χ0n) is 18.4. The number of aromatic nitrogens is 2. The lowest BCUT2D eigenvalue weighted by atomic mass is 10.1. The van der Waals surface area contributed by atoms with Gasteiger partial charge in [-0.1, -0.05) is 22.2 Å². The molecule has 0 saturated carbocycles. The van der Waals surface area contributed by atoms with Crippen molar-refractivity contribution in [2.45, 2.75) is 11.3 Å². The first kappa shape index (κ1) is 23.3. The number of anilines is 2. The number of nitrogens with one attached hydrogen (secondary N) is 1. The Hall–Kier alpha value is -3.47. The molecule has 8 nitrogen and oxygen atoms in total. The molecule has 4 aromatic rings. The smallest absolute Gasteiger partial charge is 0.269 e. The number of fused-ring (bicyclic) bond motifs is 1. The second kappa shape index (κ2) is 9.29. The molecule has 1 amide bonds. The third-order valence-corrected chi connectivity index (χ3v) is 8.46. The zero-order valence-corrected chi connectivity index (χ0v) is 20.8. The number of nitrogens with zero attached hydrogens (tertiary/aromatic N) is 3. The van der Waals surface area contributed by atoms with Crippen LogP contribution in [0.2, 0.25) is 5.02 Å². The van der Waals surface area contributed by atoms with Crippen molar-refractivity contribution < 1.29 is 17.9 Å². The first-order valence-electron chi connectivity index (χ1n) is 10.6. The van der Waals surface area contributed by atoms with Crippen molar-refractivity contribution >= 4 is 50.4 Å². The van der Waals surface area contributed by atoms with Gasteiger partial charge in [0, 0.05) is 22.8 Å². The van der Waals surface area contributed by atoms with Crippen molar-refractivity contribution in [1.82, 2.24) is 9.59 Å². The number of hydrogen-bond acceptors (Lipinski definition) is 7. The van der Waals surface area contributed by atoms with E-state index in [2.05, 4.69) is 14.9 Å². The van der Waals surface area contributed by atoms with Crippen LogP contribution < -0.4 is 14.4 Å². The Kier molecular flexibility index (Phi) is 6.18. The molecule has 3 aromatic carbocycles. The molecule has 0 atom stereocenters. The van der Waals surface area contributed by atoms with E-state index < -0.39 is 10.0 Å². The average molecular weight is 527 g/mol. The molecule has 178 valence electrons. The highest BCUT2D eigenvalue weighted by Crippen LogP contribution is 2.36. The van der Waals surface area contributed by atoms with Crippen LogP contribution in [0.4, 0.5) is 11.4 Å². The number of sulfonamides is 1. The minimum Gasteiger partial charge on any atom is -0.497 e. The van der Waals surface area contributed by atoms with Gasteiger partial charge in [0.1, 0.15) is 16.3 Å². The van der Waals surface area contributed by atoms with Gasteiger partial charge in [-0.15, -0.1) is 5.10 Å². The molecule has 0 bridgehead atoms. The highest BCUT2D eigenvalue weighted by Gasteiger charge is 2.31. The largest absolute Gasteiger partial charge is 0.497 e. The van der Waals surface area contributed by atoms with E-state index in [9.17, 15) is 13.2 Å². The number of amides is 1. The van der Waals surface area contributed by atoms with Gasteiger partial charge < -0.3 is 10.1 Å².